The van der Waals surface area contributed by atoms with Crippen molar-refractivity contribution in [3.05, 3.63) is 69.7 Å². The average Bonchev–Trinajstić information content (AvgIpc) is 3.56. The number of benzene rings is 2. The van der Waals surface area contributed by atoms with Gasteiger partial charge in [0, 0.05) is 11.4 Å². The van der Waals surface area contributed by atoms with E-state index in [0.29, 0.717) is 34.4 Å². The molecule has 2 aromatic carbocycles. The third-order valence-corrected chi connectivity index (χ3v) is 5.94. The Hall–Kier alpha value is -3.21. The van der Waals surface area contributed by atoms with Crippen LogP contribution in [0.4, 0.5) is 0 Å². The molecule has 2 N–H and O–H groups in total. The average molecular weight is 486 g/mol. The number of halogens is 2. The van der Waals surface area contributed by atoms with E-state index in [0.717, 1.165) is 5.56 Å². The molecule has 1 atom stereocenters. The molecule has 0 unspecified atom stereocenters. The molecule has 2 amide bonds. The van der Waals surface area contributed by atoms with Crippen LogP contribution in [0.5, 0.6) is 11.5 Å². The Morgan fingerprint density at radius 1 is 1.09 bits per heavy atom. The van der Waals surface area contributed by atoms with Crippen molar-refractivity contribution in [2.45, 2.75) is 30.8 Å². The molecular weight excluding hydrogens is 465 g/mol. The van der Waals surface area contributed by atoms with E-state index in [1.165, 1.54) is 0 Å². The fourth-order valence-electron chi connectivity index (χ4n) is 3.40. The lowest BCUT2D eigenvalue weighted by Crippen LogP contribution is -2.51. The highest BCUT2D eigenvalue weighted by molar-refractivity contribution is 6.32. The first-order valence-corrected chi connectivity index (χ1v) is 11.2. The quantitative estimate of drug-likeness (QED) is 0.629. The van der Waals surface area contributed by atoms with Gasteiger partial charge in [-0.3, -0.25) is 9.59 Å². The summed E-state index contributed by atoms with van der Waals surface area (Å²) in [7, 11) is 0. The molecule has 0 saturated heterocycles. The van der Waals surface area contributed by atoms with Gasteiger partial charge in [-0.25, -0.2) is 0 Å². The van der Waals surface area contributed by atoms with E-state index in [2.05, 4.69) is 16.7 Å². The fourth-order valence-corrected chi connectivity index (χ4v) is 3.82. The van der Waals surface area contributed by atoms with Crippen LogP contribution in [0.1, 0.15) is 28.8 Å². The molecule has 5 rings (SSSR count). The highest BCUT2D eigenvalue weighted by atomic mass is 35.5. The number of ether oxygens (including phenoxy) is 2. The van der Waals surface area contributed by atoms with Crippen molar-refractivity contribution in [2.75, 3.05) is 13.2 Å². The van der Waals surface area contributed by atoms with Crippen molar-refractivity contribution in [3.8, 4) is 17.6 Å². The number of carbonyl (C=O) groups excluding carboxylic acids is 2. The zero-order valence-corrected chi connectivity index (χ0v) is 19.1. The minimum Gasteiger partial charge on any atom is -0.489 e. The van der Waals surface area contributed by atoms with Gasteiger partial charge in [-0.05, 0) is 60.9 Å². The molecule has 170 valence electrons. The molecule has 2 aliphatic heterocycles. The number of amides is 2. The summed E-state index contributed by atoms with van der Waals surface area (Å²) in [4.78, 5) is 26.2. The van der Waals surface area contributed by atoms with Crippen LogP contribution in [0.3, 0.4) is 0 Å². The standard InChI is InChI=1S/C24H21Cl2N3O4/c25-16-4-5-17-21(13-16)33-10-2-1-9-32-20-6-3-15(11-18(20)26)12-19(28-22(17)30)23(31)29-24(14-27)7-8-24/h1-6,11,13,19H,7-10,12H2,(H,28,30)(H,29,31)/t19-/m0/s1. The molecule has 0 spiro atoms. The SMILES string of the molecule is N#CC1(NC(=O)[C@@H]2Cc3ccc(c(Cl)c3)OCC=CCOc3cc(Cl)ccc3C(=O)N2)CC1. The van der Waals surface area contributed by atoms with Crippen molar-refractivity contribution in [2.24, 2.45) is 0 Å². The molecule has 33 heavy (non-hydrogen) atoms. The molecular formula is C24H21Cl2N3O4. The predicted molar refractivity (Wildman–Crippen MR) is 124 cm³/mol. The van der Waals surface area contributed by atoms with E-state index < -0.39 is 23.4 Å². The largest absolute Gasteiger partial charge is 0.489 e. The molecule has 0 aromatic heterocycles. The van der Waals surface area contributed by atoms with Gasteiger partial charge >= 0.3 is 0 Å². The highest BCUT2D eigenvalue weighted by Gasteiger charge is 2.45. The Kier molecular flexibility index (Phi) is 6.77. The molecule has 7 nitrogen and oxygen atoms in total. The fraction of sp³-hybridized carbons (Fsp3) is 0.292. The number of nitrogens with one attached hydrogen (secondary N) is 2. The number of nitriles is 1. The molecule has 1 aliphatic carbocycles. The number of rotatable bonds is 2. The second-order valence-corrected chi connectivity index (χ2v) is 8.76. The Labute approximate surface area is 201 Å². The topological polar surface area (TPSA) is 100 Å². The maximum absolute atomic E-state index is 13.2. The summed E-state index contributed by atoms with van der Waals surface area (Å²) >= 11 is 12.4. The lowest BCUT2D eigenvalue weighted by molar-refractivity contribution is -0.123. The summed E-state index contributed by atoms with van der Waals surface area (Å²) in [6.07, 6.45) is 4.86. The lowest BCUT2D eigenvalue weighted by atomic mass is 10.0. The normalized spacial score (nSPS) is 19.3. The summed E-state index contributed by atoms with van der Waals surface area (Å²) in [5.74, 6) is -0.148. The maximum atomic E-state index is 13.2. The van der Waals surface area contributed by atoms with Crippen LogP contribution < -0.4 is 20.1 Å². The van der Waals surface area contributed by atoms with Gasteiger partial charge in [0.05, 0.1) is 16.7 Å². The van der Waals surface area contributed by atoms with E-state index in [1.807, 2.05) is 0 Å². The van der Waals surface area contributed by atoms with Crippen LogP contribution in [-0.4, -0.2) is 36.6 Å². The lowest BCUT2D eigenvalue weighted by Gasteiger charge is -2.21. The van der Waals surface area contributed by atoms with E-state index in [1.54, 1.807) is 48.6 Å². The molecule has 2 aromatic rings. The van der Waals surface area contributed by atoms with Crippen LogP contribution in [-0.2, 0) is 11.2 Å². The second-order valence-electron chi connectivity index (χ2n) is 7.91. The first kappa shape index (κ1) is 23.0. The zero-order chi connectivity index (χ0) is 23.4. The van der Waals surface area contributed by atoms with E-state index >= 15 is 0 Å². The Morgan fingerprint density at radius 3 is 2.48 bits per heavy atom. The van der Waals surface area contributed by atoms with Gasteiger partial charge in [-0.1, -0.05) is 29.3 Å². The monoisotopic (exact) mass is 485 g/mol. The van der Waals surface area contributed by atoms with Crippen molar-refractivity contribution in [3.63, 3.8) is 0 Å². The second kappa shape index (κ2) is 9.74. The number of hydrogen-bond acceptors (Lipinski definition) is 5. The van der Waals surface area contributed by atoms with Gasteiger partial charge in [0.1, 0.15) is 36.3 Å². The third kappa shape index (κ3) is 5.59. The Bertz CT molecular complexity index is 1150. The Morgan fingerprint density at radius 2 is 1.82 bits per heavy atom. The summed E-state index contributed by atoms with van der Waals surface area (Å²) in [5, 5.41) is 15.7. The molecule has 1 saturated carbocycles. The van der Waals surface area contributed by atoms with Gasteiger partial charge in [-0.2, -0.15) is 5.26 Å². The molecule has 9 heteroatoms. The predicted octanol–water partition coefficient (Wildman–Crippen LogP) is 3.83. The number of nitrogens with zero attached hydrogens (tertiary/aromatic N) is 1. The van der Waals surface area contributed by atoms with E-state index in [4.69, 9.17) is 32.7 Å². The van der Waals surface area contributed by atoms with Gasteiger partial charge in [0.25, 0.3) is 5.91 Å². The zero-order valence-electron chi connectivity index (χ0n) is 17.6. The molecule has 2 heterocycles. The molecule has 3 aliphatic rings. The summed E-state index contributed by atoms with van der Waals surface area (Å²) in [6.45, 7) is 0.470. The van der Waals surface area contributed by atoms with E-state index in [-0.39, 0.29) is 25.2 Å². The van der Waals surface area contributed by atoms with Gasteiger partial charge in [-0.15, -0.1) is 0 Å². The van der Waals surface area contributed by atoms with Crippen molar-refractivity contribution in [1.29, 1.82) is 5.26 Å². The van der Waals surface area contributed by atoms with Crippen molar-refractivity contribution < 1.29 is 19.1 Å². The third-order valence-electron chi connectivity index (χ3n) is 5.41. The van der Waals surface area contributed by atoms with Crippen molar-refractivity contribution in [1.82, 2.24) is 10.6 Å². The molecule has 1 fully saturated rings. The van der Waals surface area contributed by atoms with Gasteiger partial charge in [0.2, 0.25) is 5.91 Å². The van der Waals surface area contributed by atoms with Crippen LogP contribution >= 0.6 is 23.2 Å². The maximum Gasteiger partial charge on any atom is 0.255 e. The summed E-state index contributed by atoms with van der Waals surface area (Å²) < 4.78 is 11.4. The minimum atomic E-state index is -0.942. The van der Waals surface area contributed by atoms with Crippen LogP contribution in [0, 0.1) is 11.3 Å². The highest BCUT2D eigenvalue weighted by Crippen LogP contribution is 2.34. The first-order valence-electron chi connectivity index (χ1n) is 10.4. The smallest absolute Gasteiger partial charge is 0.255 e. The van der Waals surface area contributed by atoms with Crippen molar-refractivity contribution >= 4 is 35.0 Å². The molecule has 2 bridgehead atoms. The van der Waals surface area contributed by atoms with Crippen LogP contribution in [0.15, 0.2) is 48.6 Å². The first-order chi connectivity index (χ1) is 15.9. The molecule has 0 radical (unpaired) electrons. The summed E-state index contributed by atoms with van der Waals surface area (Å²) in [6, 6.07) is 11.1. The Balaban J connectivity index is 1.67. The van der Waals surface area contributed by atoms with Gasteiger partial charge in [0.15, 0.2) is 0 Å². The van der Waals surface area contributed by atoms with Crippen LogP contribution in [0.25, 0.3) is 0 Å². The van der Waals surface area contributed by atoms with Crippen LogP contribution in [0.2, 0.25) is 10.0 Å². The number of carbonyl (C=O) groups is 2. The van der Waals surface area contributed by atoms with Gasteiger partial charge < -0.3 is 20.1 Å². The number of hydrogen-bond donors (Lipinski definition) is 2. The summed E-state index contributed by atoms with van der Waals surface area (Å²) in [5.41, 5.74) is 0.0985. The number of fused-ring (bicyclic) bond motifs is 9. The minimum absolute atomic E-state index is 0.169. The van der Waals surface area contributed by atoms with E-state index in [9.17, 15) is 14.9 Å².